The molecule has 0 bridgehead atoms. The van der Waals surface area contributed by atoms with E-state index in [2.05, 4.69) is 10.3 Å². The van der Waals surface area contributed by atoms with Gasteiger partial charge in [-0.1, -0.05) is 0 Å². The zero-order valence-electron chi connectivity index (χ0n) is 8.60. The van der Waals surface area contributed by atoms with Gasteiger partial charge >= 0.3 is 5.97 Å². The molecule has 1 heterocycles. The van der Waals surface area contributed by atoms with E-state index in [1.165, 1.54) is 0 Å². The van der Waals surface area contributed by atoms with Crippen molar-refractivity contribution in [2.45, 2.75) is 25.8 Å². The summed E-state index contributed by atoms with van der Waals surface area (Å²) in [5.41, 5.74) is 1.15. The van der Waals surface area contributed by atoms with Crippen molar-refractivity contribution in [2.75, 3.05) is 5.32 Å². The van der Waals surface area contributed by atoms with Crippen LogP contribution in [0, 0.1) is 12.8 Å². The van der Waals surface area contributed by atoms with Crippen LogP contribution in [0.1, 0.15) is 18.4 Å². The number of nitrogens with zero attached hydrogens (tertiary/aromatic N) is 1. The van der Waals surface area contributed by atoms with Gasteiger partial charge < -0.3 is 10.4 Å². The van der Waals surface area contributed by atoms with Gasteiger partial charge in [-0.3, -0.25) is 4.79 Å². The number of anilines is 1. The summed E-state index contributed by atoms with van der Waals surface area (Å²) in [6, 6.07) is 4.17. The van der Waals surface area contributed by atoms with Gasteiger partial charge in [0.2, 0.25) is 0 Å². The van der Waals surface area contributed by atoms with Crippen molar-refractivity contribution < 1.29 is 9.90 Å². The van der Waals surface area contributed by atoms with Crippen molar-refractivity contribution in [2.24, 2.45) is 5.92 Å². The molecule has 4 heteroatoms. The molecular formula is C11H14N2O2. The second-order valence-corrected chi connectivity index (χ2v) is 4.07. The molecule has 1 aliphatic rings. The Morgan fingerprint density at radius 2 is 2.33 bits per heavy atom. The largest absolute Gasteiger partial charge is 0.481 e. The highest BCUT2D eigenvalue weighted by Crippen LogP contribution is 2.29. The van der Waals surface area contributed by atoms with Crippen molar-refractivity contribution in [3.05, 3.63) is 23.9 Å². The summed E-state index contributed by atoms with van der Waals surface area (Å²) in [4.78, 5) is 14.8. The summed E-state index contributed by atoms with van der Waals surface area (Å²) in [6.45, 7) is 2.01. The van der Waals surface area contributed by atoms with E-state index in [0.29, 0.717) is 12.8 Å². The SMILES string of the molecule is Cc1ccnc(NC2CC(C(=O)O)C2)c1. The Labute approximate surface area is 88.3 Å². The molecule has 0 aliphatic heterocycles. The molecule has 1 aromatic rings. The summed E-state index contributed by atoms with van der Waals surface area (Å²) < 4.78 is 0. The van der Waals surface area contributed by atoms with E-state index < -0.39 is 5.97 Å². The Balaban J connectivity index is 1.87. The molecule has 1 fully saturated rings. The van der Waals surface area contributed by atoms with E-state index in [4.69, 9.17) is 5.11 Å². The number of pyridine rings is 1. The lowest BCUT2D eigenvalue weighted by Crippen LogP contribution is -2.39. The maximum atomic E-state index is 10.6. The third-order valence-corrected chi connectivity index (χ3v) is 2.75. The average molecular weight is 206 g/mol. The monoisotopic (exact) mass is 206 g/mol. The highest BCUT2D eigenvalue weighted by molar-refractivity contribution is 5.71. The molecule has 2 N–H and O–H groups in total. The molecular weight excluding hydrogens is 192 g/mol. The van der Waals surface area contributed by atoms with Crippen molar-refractivity contribution >= 4 is 11.8 Å². The molecule has 0 saturated heterocycles. The van der Waals surface area contributed by atoms with E-state index in [9.17, 15) is 4.79 Å². The zero-order valence-corrected chi connectivity index (χ0v) is 8.60. The summed E-state index contributed by atoms with van der Waals surface area (Å²) >= 11 is 0. The predicted molar refractivity (Wildman–Crippen MR) is 56.7 cm³/mol. The Bertz CT molecular complexity index is 373. The number of nitrogens with one attached hydrogen (secondary N) is 1. The van der Waals surface area contributed by atoms with Gasteiger partial charge in [-0.25, -0.2) is 4.98 Å². The highest BCUT2D eigenvalue weighted by atomic mass is 16.4. The van der Waals surface area contributed by atoms with E-state index in [0.717, 1.165) is 11.4 Å². The number of hydrogen-bond donors (Lipinski definition) is 2. The van der Waals surface area contributed by atoms with Crippen LogP contribution in [-0.4, -0.2) is 22.1 Å². The first-order valence-corrected chi connectivity index (χ1v) is 5.07. The molecule has 0 amide bonds. The lowest BCUT2D eigenvalue weighted by atomic mass is 9.80. The number of carboxylic acid groups (broad SMARTS) is 1. The van der Waals surface area contributed by atoms with Gasteiger partial charge in [0.05, 0.1) is 5.92 Å². The third-order valence-electron chi connectivity index (χ3n) is 2.75. The molecule has 80 valence electrons. The molecule has 1 aromatic heterocycles. The minimum Gasteiger partial charge on any atom is -0.481 e. The van der Waals surface area contributed by atoms with Gasteiger partial charge in [0.15, 0.2) is 0 Å². The number of carboxylic acids is 1. The highest BCUT2D eigenvalue weighted by Gasteiger charge is 2.34. The van der Waals surface area contributed by atoms with Crippen LogP contribution in [0.3, 0.4) is 0 Å². The topological polar surface area (TPSA) is 62.2 Å². The fraction of sp³-hybridized carbons (Fsp3) is 0.455. The Kier molecular flexibility index (Phi) is 2.58. The summed E-state index contributed by atoms with van der Waals surface area (Å²) in [5, 5.41) is 11.9. The van der Waals surface area contributed by atoms with Crippen LogP contribution in [0.25, 0.3) is 0 Å². The van der Waals surface area contributed by atoms with Gasteiger partial charge in [-0.2, -0.15) is 0 Å². The average Bonchev–Trinajstić information content (AvgIpc) is 2.10. The molecule has 15 heavy (non-hydrogen) atoms. The van der Waals surface area contributed by atoms with Crippen molar-refractivity contribution in [1.29, 1.82) is 0 Å². The Hall–Kier alpha value is -1.58. The molecule has 0 spiro atoms. The quantitative estimate of drug-likeness (QED) is 0.789. The molecule has 0 aromatic carbocycles. The fourth-order valence-electron chi connectivity index (χ4n) is 1.76. The van der Waals surface area contributed by atoms with Crippen molar-refractivity contribution in [1.82, 2.24) is 4.98 Å². The van der Waals surface area contributed by atoms with Crippen LogP contribution in [0.4, 0.5) is 5.82 Å². The lowest BCUT2D eigenvalue weighted by molar-refractivity contribution is -0.144. The number of carbonyl (C=O) groups is 1. The van der Waals surface area contributed by atoms with E-state index in [1.807, 2.05) is 19.1 Å². The minimum absolute atomic E-state index is 0.174. The molecule has 2 rings (SSSR count). The van der Waals surface area contributed by atoms with Gasteiger partial charge in [-0.05, 0) is 37.5 Å². The molecule has 0 radical (unpaired) electrons. The van der Waals surface area contributed by atoms with Gasteiger partial charge in [-0.15, -0.1) is 0 Å². The van der Waals surface area contributed by atoms with E-state index >= 15 is 0 Å². The Morgan fingerprint density at radius 3 is 2.93 bits per heavy atom. The first-order valence-electron chi connectivity index (χ1n) is 5.07. The van der Waals surface area contributed by atoms with Crippen LogP contribution in [0.15, 0.2) is 18.3 Å². The zero-order chi connectivity index (χ0) is 10.8. The van der Waals surface area contributed by atoms with Gasteiger partial charge in [0.25, 0.3) is 0 Å². The minimum atomic E-state index is -0.690. The van der Waals surface area contributed by atoms with Gasteiger partial charge in [0, 0.05) is 12.2 Å². The third kappa shape index (κ3) is 2.26. The second-order valence-electron chi connectivity index (χ2n) is 4.07. The fourth-order valence-corrected chi connectivity index (χ4v) is 1.76. The van der Waals surface area contributed by atoms with E-state index in [-0.39, 0.29) is 12.0 Å². The predicted octanol–water partition coefficient (Wildman–Crippen LogP) is 1.67. The number of hydrogen-bond acceptors (Lipinski definition) is 3. The normalized spacial score (nSPS) is 24.3. The van der Waals surface area contributed by atoms with Crippen molar-refractivity contribution in [3.63, 3.8) is 0 Å². The maximum absolute atomic E-state index is 10.6. The first-order chi connectivity index (χ1) is 7.15. The van der Waals surface area contributed by atoms with Crippen LogP contribution in [0.5, 0.6) is 0 Å². The number of aromatic nitrogens is 1. The molecule has 0 atom stereocenters. The van der Waals surface area contributed by atoms with Gasteiger partial charge in [0.1, 0.15) is 5.82 Å². The number of aryl methyl sites for hydroxylation is 1. The van der Waals surface area contributed by atoms with Crippen LogP contribution in [0.2, 0.25) is 0 Å². The molecule has 0 unspecified atom stereocenters. The van der Waals surface area contributed by atoms with Crippen LogP contribution < -0.4 is 5.32 Å². The van der Waals surface area contributed by atoms with Crippen LogP contribution in [-0.2, 0) is 4.79 Å². The van der Waals surface area contributed by atoms with Crippen LogP contribution >= 0.6 is 0 Å². The first kappa shape index (κ1) is 9.96. The molecule has 1 aliphatic carbocycles. The lowest BCUT2D eigenvalue weighted by Gasteiger charge is -2.33. The van der Waals surface area contributed by atoms with E-state index in [1.54, 1.807) is 6.20 Å². The molecule has 4 nitrogen and oxygen atoms in total. The number of aliphatic carboxylic acids is 1. The summed E-state index contributed by atoms with van der Waals surface area (Å²) in [6.07, 6.45) is 3.15. The smallest absolute Gasteiger partial charge is 0.306 e. The second kappa shape index (κ2) is 3.88. The summed E-state index contributed by atoms with van der Waals surface area (Å²) in [5.74, 6) is -0.0265. The van der Waals surface area contributed by atoms with Crippen molar-refractivity contribution in [3.8, 4) is 0 Å². The summed E-state index contributed by atoms with van der Waals surface area (Å²) in [7, 11) is 0. The molecule has 1 saturated carbocycles. The maximum Gasteiger partial charge on any atom is 0.306 e. The standard InChI is InChI=1S/C11H14N2O2/c1-7-2-3-12-10(4-7)13-9-5-8(6-9)11(14)15/h2-4,8-9H,5-6H2,1H3,(H,12,13)(H,14,15). The number of rotatable bonds is 3. The Morgan fingerprint density at radius 1 is 1.60 bits per heavy atom.